The maximum atomic E-state index is 14.5. The fourth-order valence-corrected chi connectivity index (χ4v) is 6.16. The lowest BCUT2D eigenvalue weighted by Crippen LogP contribution is -2.49. The number of aromatic nitrogens is 2. The highest BCUT2D eigenvalue weighted by Crippen LogP contribution is 2.44. The number of rotatable bonds is 10. The van der Waals surface area contributed by atoms with Crippen molar-refractivity contribution in [1.29, 1.82) is 0 Å². The number of halogens is 4. The van der Waals surface area contributed by atoms with Crippen LogP contribution in [0, 0.1) is 19.7 Å². The van der Waals surface area contributed by atoms with Gasteiger partial charge < -0.3 is 9.84 Å². The monoisotopic (exact) mass is 632 g/mol. The number of carbonyl (C=O) groups is 1. The van der Waals surface area contributed by atoms with Gasteiger partial charge in [0.05, 0.1) is 23.0 Å². The molecule has 5 rings (SSSR count). The Hall–Kier alpha value is -4.50. The summed E-state index contributed by atoms with van der Waals surface area (Å²) in [4.78, 5) is 12.8. The van der Waals surface area contributed by atoms with E-state index >= 15 is 0 Å². The van der Waals surface area contributed by atoms with Gasteiger partial charge in [-0.25, -0.2) is 13.9 Å². The lowest BCUT2D eigenvalue weighted by atomic mass is 9.72. The Kier molecular flexibility index (Phi) is 9.09. The molecule has 240 valence electrons. The highest BCUT2D eigenvalue weighted by Gasteiger charge is 2.55. The quantitative estimate of drug-likeness (QED) is 0.124. The van der Waals surface area contributed by atoms with Gasteiger partial charge in [-0.15, -0.1) is 0 Å². The van der Waals surface area contributed by atoms with Crippen molar-refractivity contribution in [1.82, 2.24) is 9.78 Å². The third-order valence-electron chi connectivity index (χ3n) is 8.46. The van der Waals surface area contributed by atoms with Crippen molar-refractivity contribution >= 4 is 16.9 Å². The first-order valence-corrected chi connectivity index (χ1v) is 15.0. The highest BCUT2D eigenvalue weighted by atomic mass is 19.4. The van der Waals surface area contributed by atoms with Gasteiger partial charge in [0.15, 0.2) is 5.60 Å². The van der Waals surface area contributed by atoms with Crippen LogP contribution in [0.25, 0.3) is 16.6 Å². The van der Waals surface area contributed by atoms with Crippen LogP contribution in [0.4, 0.5) is 17.6 Å². The number of fused-ring (bicyclic) bond motifs is 1. The third-order valence-corrected chi connectivity index (χ3v) is 8.46. The minimum absolute atomic E-state index is 0.0794. The van der Waals surface area contributed by atoms with Gasteiger partial charge in [0.1, 0.15) is 12.4 Å². The van der Waals surface area contributed by atoms with Crippen molar-refractivity contribution in [3.63, 3.8) is 0 Å². The van der Waals surface area contributed by atoms with Crippen molar-refractivity contribution in [2.45, 2.75) is 70.8 Å². The van der Waals surface area contributed by atoms with Gasteiger partial charge in [-0.05, 0) is 103 Å². The van der Waals surface area contributed by atoms with E-state index in [2.05, 4.69) is 5.10 Å². The van der Waals surface area contributed by atoms with Crippen molar-refractivity contribution < 1.29 is 32.2 Å². The van der Waals surface area contributed by atoms with Crippen LogP contribution in [0.3, 0.4) is 0 Å². The fraction of sp³-hybridized carbons (Fsp3) is 0.297. The van der Waals surface area contributed by atoms with Gasteiger partial charge in [-0.1, -0.05) is 62.4 Å². The summed E-state index contributed by atoms with van der Waals surface area (Å²) in [5.74, 6) is -1.04. The Bertz CT molecular complexity index is 1860. The summed E-state index contributed by atoms with van der Waals surface area (Å²) < 4.78 is 64.8. The number of alkyl halides is 3. The van der Waals surface area contributed by atoms with Crippen LogP contribution >= 0.6 is 0 Å². The third kappa shape index (κ3) is 6.99. The van der Waals surface area contributed by atoms with Crippen molar-refractivity contribution in [2.24, 2.45) is 0 Å². The Labute approximate surface area is 265 Å². The largest absolute Gasteiger partial charge is 0.457 e. The van der Waals surface area contributed by atoms with Crippen LogP contribution in [0.5, 0.6) is 0 Å². The van der Waals surface area contributed by atoms with Crippen LogP contribution in [0.15, 0.2) is 91.1 Å². The Morgan fingerprint density at radius 1 is 0.935 bits per heavy atom. The second kappa shape index (κ2) is 12.7. The molecule has 9 heteroatoms. The van der Waals surface area contributed by atoms with E-state index in [0.29, 0.717) is 38.8 Å². The first kappa shape index (κ1) is 32.9. The molecule has 4 aromatic carbocycles. The summed E-state index contributed by atoms with van der Waals surface area (Å²) in [6.45, 7) is 6.86. The SMILES string of the molecule is Cc1cc(CCC(O)(CC(C)(C)c2cc(F)ccc2C)C(F)(F)F)c2cnn(-c3cccc(C(=O)OCc4ccccc4)c3)c2c1. The first-order valence-electron chi connectivity index (χ1n) is 15.0. The highest BCUT2D eigenvalue weighted by molar-refractivity contribution is 5.90. The Morgan fingerprint density at radius 3 is 2.39 bits per heavy atom. The summed E-state index contributed by atoms with van der Waals surface area (Å²) in [6.07, 6.45) is -4.66. The smallest absolute Gasteiger partial charge is 0.417 e. The van der Waals surface area contributed by atoms with E-state index in [1.54, 1.807) is 62.0 Å². The number of nitrogens with zero attached hydrogens (tertiary/aromatic N) is 2. The molecule has 5 nitrogen and oxygen atoms in total. The zero-order valence-corrected chi connectivity index (χ0v) is 26.2. The fourth-order valence-electron chi connectivity index (χ4n) is 6.16. The normalized spacial score (nSPS) is 13.5. The molecule has 0 bridgehead atoms. The number of carbonyl (C=O) groups excluding carboxylic acids is 1. The average molecular weight is 633 g/mol. The van der Waals surface area contributed by atoms with E-state index in [4.69, 9.17) is 4.74 Å². The molecule has 0 saturated carbocycles. The van der Waals surface area contributed by atoms with E-state index in [0.717, 1.165) is 11.1 Å². The van der Waals surface area contributed by atoms with E-state index in [1.807, 2.05) is 43.3 Å². The number of aryl methyl sites for hydroxylation is 3. The number of aliphatic hydroxyl groups is 1. The number of esters is 1. The van der Waals surface area contributed by atoms with E-state index in [-0.39, 0.29) is 13.0 Å². The minimum atomic E-state index is -4.92. The molecule has 1 aromatic heterocycles. The molecule has 0 aliphatic rings. The Balaban J connectivity index is 1.40. The average Bonchev–Trinajstić information content (AvgIpc) is 3.43. The lowest BCUT2D eigenvalue weighted by molar-refractivity contribution is -0.269. The summed E-state index contributed by atoms with van der Waals surface area (Å²) in [5.41, 5.74) is 0.686. The topological polar surface area (TPSA) is 64.4 Å². The van der Waals surface area contributed by atoms with Gasteiger partial charge >= 0.3 is 12.1 Å². The maximum Gasteiger partial charge on any atom is 0.417 e. The second-order valence-corrected chi connectivity index (χ2v) is 12.6. The predicted molar refractivity (Wildman–Crippen MR) is 169 cm³/mol. The van der Waals surface area contributed by atoms with Crippen LogP contribution in [-0.2, 0) is 23.2 Å². The van der Waals surface area contributed by atoms with Crippen LogP contribution in [0.1, 0.15) is 64.9 Å². The van der Waals surface area contributed by atoms with Crippen LogP contribution in [0.2, 0.25) is 0 Å². The predicted octanol–water partition coefficient (Wildman–Crippen LogP) is 8.73. The summed E-state index contributed by atoms with van der Waals surface area (Å²) in [5, 5.41) is 16.4. The molecule has 1 heterocycles. The number of benzene rings is 4. The van der Waals surface area contributed by atoms with E-state index in [9.17, 15) is 27.5 Å². The summed E-state index contributed by atoms with van der Waals surface area (Å²) in [7, 11) is 0. The lowest BCUT2D eigenvalue weighted by Gasteiger charge is -2.38. The molecule has 5 aromatic rings. The van der Waals surface area contributed by atoms with Gasteiger partial charge in [0.2, 0.25) is 0 Å². The molecule has 1 atom stereocenters. The molecule has 1 unspecified atom stereocenters. The van der Waals surface area contributed by atoms with Gasteiger partial charge in [0, 0.05) is 5.39 Å². The molecule has 46 heavy (non-hydrogen) atoms. The van der Waals surface area contributed by atoms with Crippen LogP contribution < -0.4 is 0 Å². The van der Waals surface area contributed by atoms with Crippen molar-refractivity contribution in [3.8, 4) is 5.69 Å². The number of ether oxygens (including phenoxy) is 1. The van der Waals surface area contributed by atoms with Gasteiger partial charge in [0.25, 0.3) is 0 Å². The second-order valence-electron chi connectivity index (χ2n) is 12.6. The first-order chi connectivity index (χ1) is 21.7. The standard InChI is InChI=1S/C37H36F4N2O3/c1-24-17-27(15-16-36(45,37(39,40)41)23-35(3,4)32-20-29(38)14-13-25(32)2)31-21-42-43(33(31)18-24)30-12-8-11-28(19-30)34(44)46-22-26-9-6-5-7-10-26/h5-14,17-21,45H,15-16,22-23H2,1-4H3. The zero-order valence-electron chi connectivity index (χ0n) is 26.2. The van der Waals surface area contributed by atoms with Crippen molar-refractivity contribution in [3.05, 3.63) is 130 Å². The molecule has 0 saturated heterocycles. The zero-order chi connectivity index (χ0) is 33.3. The summed E-state index contributed by atoms with van der Waals surface area (Å²) >= 11 is 0. The molecular formula is C37H36F4N2O3. The molecule has 0 aliphatic heterocycles. The molecule has 0 amide bonds. The Morgan fingerprint density at radius 2 is 1.67 bits per heavy atom. The van der Waals surface area contributed by atoms with Crippen LogP contribution in [-0.4, -0.2) is 32.6 Å². The minimum Gasteiger partial charge on any atom is -0.457 e. The number of hydrogen-bond donors (Lipinski definition) is 1. The molecule has 0 aliphatic carbocycles. The van der Waals surface area contributed by atoms with Gasteiger partial charge in [-0.3, -0.25) is 0 Å². The van der Waals surface area contributed by atoms with E-state index < -0.39 is 41.8 Å². The molecule has 0 spiro atoms. The van der Waals surface area contributed by atoms with E-state index in [1.165, 1.54) is 18.2 Å². The number of hydrogen-bond acceptors (Lipinski definition) is 4. The molecule has 0 fully saturated rings. The summed E-state index contributed by atoms with van der Waals surface area (Å²) in [6, 6.07) is 23.8. The van der Waals surface area contributed by atoms with Gasteiger partial charge in [-0.2, -0.15) is 18.3 Å². The molecule has 1 N–H and O–H groups in total. The van der Waals surface area contributed by atoms with Crippen molar-refractivity contribution in [2.75, 3.05) is 0 Å². The molecular weight excluding hydrogens is 596 g/mol. The maximum absolute atomic E-state index is 14.5. The molecule has 0 radical (unpaired) electrons.